The molecule has 2 aromatic heterocycles. The summed E-state index contributed by atoms with van der Waals surface area (Å²) in [6.07, 6.45) is 3.04. The maximum absolute atomic E-state index is 13.1. The van der Waals surface area contributed by atoms with E-state index in [2.05, 4.69) is 22.3 Å². The normalized spacial score (nSPS) is 14.8. The lowest BCUT2D eigenvalue weighted by atomic mass is 9.89. The van der Waals surface area contributed by atoms with Crippen molar-refractivity contribution in [3.05, 3.63) is 80.9 Å². The van der Waals surface area contributed by atoms with E-state index in [-0.39, 0.29) is 11.5 Å². The zero-order valence-electron chi connectivity index (χ0n) is 20.2. The fourth-order valence-electron chi connectivity index (χ4n) is 4.98. The van der Waals surface area contributed by atoms with Gasteiger partial charge in [0.05, 0.1) is 5.69 Å². The third-order valence-corrected chi connectivity index (χ3v) is 7.95. The van der Waals surface area contributed by atoms with Gasteiger partial charge in [0.25, 0.3) is 5.56 Å². The van der Waals surface area contributed by atoms with E-state index >= 15 is 0 Å². The Morgan fingerprint density at radius 3 is 2.64 bits per heavy atom. The molecule has 0 atom stereocenters. The monoisotopic (exact) mass is 520 g/mol. The average molecular weight is 521 g/mol. The first-order valence-electron chi connectivity index (χ1n) is 12.3. The quantitative estimate of drug-likeness (QED) is 0.324. The molecular formula is C28H29ClN4O2S. The molecule has 186 valence electrons. The third-order valence-electron chi connectivity index (χ3n) is 6.80. The van der Waals surface area contributed by atoms with Gasteiger partial charge in [-0.1, -0.05) is 35.9 Å². The van der Waals surface area contributed by atoms with Crippen molar-refractivity contribution in [2.24, 2.45) is 0 Å². The first-order chi connectivity index (χ1) is 17.5. The number of likely N-dealkylation sites (tertiary alicyclic amines) is 1. The van der Waals surface area contributed by atoms with Crippen molar-refractivity contribution in [3.8, 4) is 11.3 Å². The van der Waals surface area contributed by atoms with E-state index in [0.29, 0.717) is 17.5 Å². The molecule has 8 heteroatoms. The predicted octanol–water partition coefficient (Wildman–Crippen LogP) is 6.01. The fourth-order valence-corrected chi connectivity index (χ4v) is 5.94. The number of amides is 1. The van der Waals surface area contributed by atoms with Gasteiger partial charge in [-0.15, -0.1) is 11.3 Å². The molecule has 36 heavy (non-hydrogen) atoms. The number of aryl methyl sites for hydroxylation is 1. The number of hydrogen-bond donors (Lipinski definition) is 1. The molecule has 0 unspecified atom stereocenters. The maximum atomic E-state index is 13.1. The lowest BCUT2D eigenvalue weighted by Gasteiger charge is -2.32. The minimum Gasteiger partial charge on any atom is -0.326 e. The van der Waals surface area contributed by atoms with Crippen LogP contribution in [0.1, 0.15) is 37.7 Å². The van der Waals surface area contributed by atoms with Gasteiger partial charge in [-0.3, -0.25) is 9.59 Å². The van der Waals surface area contributed by atoms with Crippen LogP contribution in [0.4, 0.5) is 5.69 Å². The number of hydrogen-bond acceptors (Lipinski definition) is 5. The van der Waals surface area contributed by atoms with Crippen LogP contribution in [-0.4, -0.2) is 40.2 Å². The van der Waals surface area contributed by atoms with E-state index in [9.17, 15) is 9.59 Å². The number of carbonyl (C=O) groups excluding carboxylic acids is 1. The summed E-state index contributed by atoms with van der Waals surface area (Å²) >= 11 is 7.54. The summed E-state index contributed by atoms with van der Waals surface area (Å²) < 4.78 is 2.38. The highest BCUT2D eigenvalue weighted by Crippen LogP contribution is 2.30. The van der Waals surface area contributed by atoms with Gasteiger partial charge in [0.2, 0.25) is 5.91 Å². The molecule has 1 saturated heterocycles. The fraction of sp³-hybridized carbons (Fsp3) is 0.321. The topological polar surface area (TPSA) is 67.2 Å². The highest BCUT2D eigenvalue weighted by atomic mass is 35.5. The summed E-state index contributed by atoms with van der Waals surface area (Å²) in [5.74, 6) is 0.455. The number of nitrogens with one attached hydrogen (secondary N) is 1. The Morgan fingerprint density at radius 1 is 1.11 bits per heavy atom. The van der Waals surface area contributed by atoms with Gasteiger partial charge in [0.1, 0.15) is 4.70 Å². The number of thiophene rings is 1. The van der Waals surface area contributed by atoms with Gasteiger partial charge >= 0.3 is 0 Å². The number of benzene rings is 2. The molecule has 0 bridgehead atoms. The Labute approximate surface area is 219 Å². The van der Waals surface area contributed by atoms with Crippen molar-refractivity contribution in [1.29, 1.82) is 0 Å². The van der Waals surface area contributed by atoms with E-state index in [4.69, 9.17) is 16.7 Å². The number of halogens is 1. The predicted molar refractivity (Wildman–Crippen MR) is 148 cm³/mol. The summed E-state index contributed by atoms with van der Waals surface area (Å²) in [6.45, 7) is 5.11. The van der Waals surface area contributed by atoms with Crippen molar-refractivity contribution in [3.63, 3.8) is 0 Å². The summed E-state index contributed by atoms with van der Waals surface area (Å²) in [4.78, 5) is 26.9. The molecule has 1 aliphatic rings. The Hall–Kier alpha value is -3.00. The number of carbonyl (C=O) groups is 1. The minimum absolute atomic E-state index is 0.0181. The number of nitrogens with zero attached hydrogens (tertiary/aromatic N) is 3. The van der Waals surface area contributed by atoms with Gasteiger partial charge in [0, 0.05) is 35.1 Å². The molecule has 1 fully saturated rings. The molecule has 0 spiro atoms. The zero-order chi connectivity index (χ0) is 25.1. The van der Waals surface area contributed by atoms with E-state index in [1.165, 1.54) is 23.8 Å². The van der Waals surface area contributed by atoms with Crippen LogP contribution in [0.25, 0.3) is 21.3 Å². The molecule has 2 aromatic carbocycles. The Balaban J connectivity index is 1.21. The number of piperidine rings is 1. The highest BCUT2D eigenvalue weighted by Gasteiger charge is 2.21. The molecule has 5 rings (SSSR count). The third kappa shape index (κ3) is 5.53. The Kier molecular flexibility index (Phi) is 7.51. The molecule has 0 radical (unpaired) electrons. The van der Waals surface area contributed by atoms with Gasteiger partial charge in [0.15, 0.2) is 0 Å². The van der Waals surface area contributed by atoms with E-state index in [0.717, 1.165) is 65.9 Å². The van der Waals surface area contributed by atoms with Crippen LogP contribution >= 0.6 is 22.9 Å². The van der Waals surface area contributed by atoms with Gasteiger partial charge in [-0.25, -0.2) is 4.68 Å². The van der Waals surface area contributed by atoms with Crippen molar-refractivity contribution in [2.45, 2.75) is 38.6 Å². The number of anilines is 1. The first kappa shape index (κ1) is 24.7. The lowest BCUT2D eigenvalue weighted by Crippen LogP contribution is -2.34. The van der Waals surface area contributed by atoms with Crippen molar-refractivity contribution in [1.82, 2.24) is 14.7 Å². The average Bonchev–Trinajstić information content (AvgIpc) is 3.37. The molecule has 4 aromatic rings. The van der Waals surface area contributed by atoms with Crippen LogP contribution in [-0.2, 0) is 11.3 Å². The van der Waals surface area contributed by atoms with Gasteiger partial charge in [-0.05, 0) is 86.1 Å². The van der Waals surface area contributed by atoms with Crippen LogP contribution in [0.5, 0.6) is 0 Å². The largest absolute Gasteiger partial charge is 0.326 e. The number of aromatic nitrogens is 2. The van der Waals surface area contributed by atoms with E-state index in [1.807, 2.05) is 47.8 Å². The maximum Gasteiger partial charge on any atom is 0.284 e. The molecule has 3 heterocycles. The second-order valence-corrected chi connectivity index (χ2v) is 10.7. The second-order valence-electron chi connectivity index (χ2n) is 9.32. The standard InChI is InChI=1S/C28H29ClN4O2S/c1-19(34)30-24-5-2-4-22(18-24)20-10-15-32(16-11-20)13-3-14-33-28(35)27-25(12-17-36-27)26(31-33)21-6-8-23(29)9-7-21/h2,4-9,12,17-18,20H,3,10-11,13-16H2,1H3,(H,30,34). The van der Waals surface area contributed by atoms with Gasteiger partial charge in [-0.2, -0.15) is 5.10 Å². The van der Waals surface area contributed by atoms with Crippen LogP contribution in [0.15, 0.2) is 64.8 Å². The van der Waals surface area contributed by atoms with E-state index < -0.39 is 0 Å². The zero-order valence-corrected chi connectivity index (χ0v) is 21.8. The summed E-state index contributed by atoms with van der Waals surface area (Å²) in [5, 5.41) is 11.2. The Bertz CT molecular complexity index is 1420. The van der Waals surface area contributed by atoms with Gasteiger partial charge < -0.3 is 10.2 Å². The smallest absolute Gasteiger partial charge is 0.284 e. The summed E-state index contributed by atoms with van der Waals surface area (Å²) in [6, 6.07) is 17.8. The van der Waals surface area contributed by atoms with E-state index in [1.54, 1.807) is 4.68 Å². The molecule has 1 N–H and O–H groups in total. The Morgan fingerprint density at radius 2 is 1.89 bits per heavy atom. The van der Waals surface area contributed by atoms with Crippen LogP contribution < -0.4 is 10.9 Å². The summed E-state index contributed by atoms with van der Waals surface area (Å²) in [7, 11) is 0. The number of rotatable bonds is 7. The summed E-state index contributed by atoms with van der Waals surface area (Å²) in [5.41, 5.74) is 3.91. The van der Waals surface area contributed by atoms with Crippen LogP contribution in [0.3, 0.4) is 0 Å². The minimum atomic E-state index is -0.0471. The molecule has 0 saturated carbocycles. The molecule has 1 aliphatic heterocycles. The molecule has 0 aliphatic carbocycles. The lowest BCUT2D eigenvalue weighted by molar-refractivity contribution is -0.114. The van der Waals surface area contributed by atoms with Crippen molar-refractivity contribution < 1.29 is 4.79 Å². The molecular weight excluding hydrogens is 492 g/mol. The van der Waals surface area contributed by atoms with Crippen molar-refractivity contribution in [2.75, 3.05) is 25.0 Å². The SMILES string of the molecule is CC(=O)Nc1cccc(C2CCN(CCCn3nc(-c4ccc(Cl)cc4)c4ccsc4c3=O)CC2)c1. The number of fused-ring (bicyclic) bond motifs is 1. The van der Waals surface area contributed by atoms with Crippen molar-refractivity contribution >= 4 is 44.6 Å². The molecule has 6 nitrogen and oxygen atoms in total. The first-order valence-corrected chi connectivity index (χ1v) is 13.6. The van der Waals surface area contributed by atoms with Crippen LogP contribution in [0, 0.1) is 0 Å². The van der Waals surface area contributed by atoms with Crippen LogP contribution in [0.2, 0.25) is 5.02 Å². The highest BCUT2D eigenvalue weighted by molar-refractivity contribution is 7.17. The second kappa shape index (κ2) is 10.9. The molecule has 1 amide bonds.